The van der Waals surface area contributed by atoms with Crippen molar-refractivity contribution in [1.29, 1.82) is 0 Å². The molecule has 6 aliphatic rings. The van der Waals surface area contributed by atoms with Gasteiger partial charge in [0.1, 0.15) is 18.3 Å². The maximum absolute atomic E-state index is 13.0. The first kappa shape index (κ1) is 32.9. The van der Waals surface area contributed by atoms with E-state index in [0.29, 0.717) is 31.6 Å². The predicted molar refractivity (Wildman–Crippen MR) is 162 cm³/mol. The Morgan fingerprint density at radius 2 is 1.66 bits per heavy atom. The SMILES string of the molecule is C[C@H]1CC[C@]2(C(=O)O)CC[C@]3(C)C(=CC[C@@H]4[C@@]5(C)CC[C@H](O[C@@H]6OC[C@H](O)[C@H](O)[C@H]6O)[C@](C)(CO)[C@@H]5CC[C@]43C)[C@@H]2[C@]1(C)O. The third-order valence-electron chi connectivity index (χ3n) is 15.3. The van der Waals surface area contributed by atoms with E-state index in [9.17, 15) is 35.4 Å². The number of carbonyl (C=O) groups is 1. The molecule has 1 aliphatic heterocycles. The minimum Gasteiger partial charge on any atom is -0.481 e. The molecule has 1 saturated heterocycles. The lowest BCUT2D eigenvalue weighted by Crippen LogP contribution is -2.68. The van der Waals surface area contributed by atoms with Gasteiger partial charge in [-0.25, -0.2) is 0 Å². The topological polar surface area (TPSA) is 157 Å². The third kappa shape index (κ3) is 4.12. The quantitative estimate of drug-likeness (QED) is 0.204. The zero-order valence-electron chi connectivity index (χ0n) is 27.5. The molecule has 0 amide bonds. The van der Waals surface area contributed by atoms with Gasteiger partial charge in [0.2, 0.25) is 0 Å². The number of hydrogen-bond acceptors (Lipinski definition) is 8. The highest BCUT2D eigenvalue weighted by Crippen LogP contribution is 2.76. The first-order valence-corrected chi connectivity index (χ1v) is 17.0. The predicted octanol–water partition coefficient (Wildman–Crippen LogP) is 3.64. The van der Waals surface area contributed by atoms with Gasteiger partial charge in [0.05, 0.1) is 30.3 Å². The van der Waals surface area contributed by atoms with E-state index in [1.807, 2.05) is 6.92 Å². The Bertz CT molecular complexity index is 1190. The van der Waals surface area contributed by atoms with Crippen LogP contribution in [0.25, 0.3) is 0 Å². The minimum absolute atomic E-state index is 0.0126. The lowest BCUT2D eigenvalue weighted by Gasteiger charge is -2.72. The number of aliphatic carboxylic acids is 1. The van der Waals surface area contributed by atoms with Crippen molar-refractivity contribution >= 4 is 5.97 Å². The number of ether oxygens (including phenoxy) is 2. The molecule has 5 aliphatic carbocycles. The summed E-state index contributed by atoms with van der Waals surface area (Å²) in [5, 5.41) is 64.4. The Kier molecular flexibility index (Phi) is 7.81. The van der Waals surface area contributed by atoms with Gasteiger partial charge < -0.3 is 40.1 Å². The van der Waals surface area contributed by atoms with Gasteiger partial charge in [-0.2, -0.15) is 0 Å². The molecule has 5 fully saturated rings. The lowest BCUT2D eigenvalue weighted by molar-refractivity contribution is -0.312. The van der Waals surface area contributed by atoms with Crippen LogP contribution in [0.4, 0.5) is 0 Å². The number of hydrogen-bond donors (Lipinski definition) is 6. The molecule has 15 atom stereocenters. The van der Waals surface area contributed by atoms with Crippen LogP contribution in [-0.4, -0.2) is 86.1 Å². The minimum atomic E-state index is -1.38. The Morgan fingerprint density at radius 1 is 0.955 bits per heavy atom. The van der Waals surface area contributed by atoms with Crippen molar-refractivity contribution < 1.29 is 44.9 Å². The van der Waals surface area contributed by atoms with E-state index >= 15 is 0 Å². The van der Waals surface area contributed by atoms with Gasteiger partial charge in [0.15, 0.2) is 6.29 Å². The largest absolute Gasteiger partial charge is 0.481 e. The maximum Gasteiger partial charge on any atom is 0.310 e. The van der Waals surface area contributed by atoms with E-state index in [0.717, 1.165) is 37.7 Å². The molecule has 44 heavy (non-hydrogen) atoms. The molecule has 250 valence electrons. The molecule has 0 aromatic carbocycles. The first-order valence-electron chi connectivity index (χ1n) is 17.0. The van der Waals surface area contributed by atoms with Crippen LogP contribution in [0.3, 0.4) is 0 Å². The zero-order chi connectivity index (χ0) is 32.3. The van der Waals surface area contributed by atoms with E-state index in [4.69, 9.17) is 9.47 Å². The summed E-state index contributed by atoms with van der Waals surface area (Å²) in [6.45, 7) is 12.9. The van der Waals surface area contributed by atoms with Gasteiger partial charge in [0, 0.05) is 11.3 Å². The van der Waals surface area contributed by atoms with Crippen molar-refractivity contribution in [3.05, 3.63) is 11.6 Å². The Balaban J connectivity index is 1.34. The second-order valence-electron chi connectivity index (χ2n) is 16.9. The lowest BCUT2D eigenvalue weighted by atomic mass is 9.33. The van der Waals surface area contributed by atoms with Crippen molar-refractivity contribution in [2.45, 2.75) is 136 Å². The third-order valence-corrected chi connectivity index (χ3v) is 15.3. The van der Waals surface area contributed by atoms with E-state index < -0.39 is 59.0 Å². The highest BCUT2D eigenvalue weighted by atomic mass is 16.7. The summed E-state index contributed by atoms with van der Waals surface area (Å²) in [7, 11) is 0. The summed E-state index contributed by atoms with van der Waals surface area (Å²) < 4.78 is 12.0. The molecular weight excluding hydrogens is 564 g/mol. The van der Waals surface area contributed by atoms with E-state index in [1.165, 1.54) is 0 Å². The maximum atomic E-state index is 13.0. The monoisotopic (exact) mass is 620 g/mol. The van der Waals surface area contributed by atoms with E-state index in [1.54, 1.807) is 0 Å². The second kappa shape index (κ2) is 10.5. The average molecular weight is 621 g/mol. The standard InChI is InChI=1S/C35H56O9/c1-19-9-14-35(29(40)41)16-15-32(4)20(27(35)34(19,6)42)7-8-23-30(2)12-11-24(44-28-26(39)25(38)21(37)17-43-28)31(3,18-36)22(30)10-13-33(23,32)5/h7,19,21-28,36-39,42H,8-18H2,1-6H3,(H,40,41)/t19-,21-,22+,23+,24-,25-,26+,27+,28-,30-,31+,32+,33+,34+,35-/m0/s1. The van der Waals surface area contributed by atoms with Crippen molar-refractivity contribution in [3.8, 4) is 0 Å². The number of rotatable bonds is 4. The molecule has 9 heteroatoms. The fraction of sp³-hybridized carbons (Fsp3) is 0.914. The molecule has 0 aromatic heterocycles. The summed E-state index contributed by atoms with van der Waals surface area (Å²) >= 11 is 0. The summed E-state index contributed by atoms with van der Waals surface area (Å²) in [5.74, 6) is -0.747. The molecular formula is C35H56O9. The Hall–Kier alpha value is -1.07. The molecule has 6 rings (SSSR count). The van der Waals surface area contributed by atoms with Gasteiger partial charge in [-0.05, 0) is 98.7 Å². The molecule has 0 aromatic rings. The number of carboxylic acid groups (broad SMARTS) is 1. The van der Waals surface area contributed by atoms with Gasteiger partial charge in [0.25, 0.3) is 0 Å². The summed E-state index contributed by atoms with van der Waals surface area (Å²) in [4.78, 5) is 13.0. The van der Waals surface area contributed by atoms with Crippen LogP contribution in [0.5, 0.6) is 0 Å². The van der Waals surface area contributed by atoms with Crippen LogP contribution in [0.1, 0.15) is 99.3 Å². The van der Waals surface area contributed by atoms with Crippen molar-refractivity contribution in [2.75, 3.05) is 13.2 Å². The van der Waals surface area contributed by atoms with Crippen molar-refractivity contribution in [2.24, 2.45) is 50.7 Å². The zero-order valence-corrected chi connectivity index (χ0v) is 27.5. The molecule has 9 nitrogen and oxygen atoms in total. The van der Waals surface area contributed by atoms with Gasteiger partial charge in [-0.1, -0.05) is 46.3 Å². The van der Waals surface area contributed by atoms with E-state index in [-0.39, 0.29) is 41.3 Å². The smallest absolute Gasteiger partial charge is 0.310 e. The molecule has 1 heterocycles. The second-order valence-corrected chi connectivity index (χ2v) is 16.9. The van der Waals surface area contributed by atoms with Crippen LogP contribution in [-0.2, 0) is 14.3 Å². The number of aliphatic hydroxyl groups excluding tert-OH is 4. The fourth-order valence-electron chi connectivity index (χ4n) is 12.1. The highest BCUT2D eigenvalue weighted by Gasteiger charge is 2.71. The molecule has 0 radical (unpaired) electrons. The van der Waals surface area contributed by atoms with Crippen LogP contribution in [0, 0.1) is 50.7 Å². The number of carboxylic acids is 1. The molecule has 0 unspecified atom stereocenters. The average Bonchev–Trinajstić information content (AvgIpc) is 2.96. The molecule has 0 spiro atoms. The van der Waals surface area contributed by atoms with Crippen LogP contribution in [0.15, 0.2) is 11.6 Å². The van der Waals surface area contributed by atoms with Crippen molar-refractivity contribution in [1.82, 2.24) is 0 Å². The van der Waals surface area contributed by atoms with Crippen LogP contribution in [0.2, 0.25) is 0 Å². The van der Waals surface area contributed by atoms with Crippen LogP contribution >= 0.6 is 0 Å². The Morgan fingerprint density at radius 3 is 2.32 bits per heavy atom. The fourth-order valence-corrected chi connectivity index (χ4v) is 12.1. The Labute approximate surface area is 262 Å². The van der Waals surface area contributed by atoms with Crippen molar-refractivity contribution in [3.63, 3.8) is 0 Å². The highest BCUT2D eigenvalue weighted by molar-refractivity contribution is 5.77. The normalized spacial score (nSPS) is 57.2. The number of allylic oxidation sites excluding steroid dienone is 1. The molecule has 4 saturated carbocycles. The summed E-state index contributed by atoms with van der Waals surface area (Å²) in [6, 6.07) is 0. The summed E-state index contributed by atoms with van der Waals surface area (Å²) in [6.07, 6.45) is 3.74. The van der Waals surface area contributed by atoms with E-state index in [2.05, 4.69) is 40.7 Å². The number of aliphatic hydroxyl groups is 5. The summed E-state index contributed by atoms with van der Waals surface area (Å²) in [5.41, 5.74) is -1.99. The molecule has 6 N–H and O–H groups in total. The van der Waals surface area contributed by atoms with Gasteiger partial charge in [-0.15, -0.1) is 0 Å². The van der Waals surface area contributed by atoms with Gasteiger partial charge >= 0.3 is 5.97 Å². The number of fused-ring (bicyclic) bond motifs is 7. The van der Waals surface area contributed by atoms with Gasteiger partial charge in [-0.3, -0.25) is 4.79 Å². The molecule has 0 bridgehead atoms. The first-order chi connectivity index (χ1) is 20.4. The van der Waals surface area contributed by atoms with Crippen LogP contribution < -0.4 is 0 Å².